The van der Waals surface area contributed by atoms with Gasteiger partial charge in [-0.2, -0.15) is 0 Å². The molecule has 0 radical (unpaired) electrons. The van der Waals surface area contributed by atoms with Crippen molar-refractivity contribution in [1.82, 2.24) is 0 Å². The van der Waals surface area contributed by atoms with Gasteiger partial charge in [0.05, 0.1) is 23.0 Å². The number of oxime groups is 1. The van der Waals surface area contributed by atoms with Crippen LogP contribution < -0.4 is 0 Å². The van der Waals surface area contributed by atoms with E-state index in [2.05, 4.69) is 25.6 Å². The first-order valence-corrected chi connectivity index (χ1v) is 12.5. The van der Waals surface area contributed by atoms with Crippen molar-refractivity contribution in [2.75, 3.05) is 7.11 Å². The second-order valence-corrected chi connectivity index (χ2v) is 10.9. The highest BCUT2D eigenvalue weighted by molar-refractivity contribution is 5.88. The van der Waals surface area contributed by atoms with Crippen LogP contribution in [0.25, 0.3) is 0 Å². The topological polar surface area (TPSA) is 77.3 Å². The summed E-state index contributed by atoms with van der Waals surface area (Å²) in [5, 5.41) is 16.2. The summed E-state index contributed by atoms with van der Waals surface area (Å²) in [7, 11) is 1.70. The van der Waals surface area contributed by atoms with E-state index in [9.17, 15) is 9.90 Å². The fraction of sp³-hybridized carbons (Fsp3) is 0.852. The van der Waals surface area contributed by atoms with Crippen molar-refractivity contribution in [2.45, 2.75) is 112 Å². The smallest absolute Gasteiger partial charge is 0.146 e. The van der Waals surface area contributed by atoms with Gasteiger partial charge in [-0.1, -0.05) is 46.4 Å². The number of nitrogens with zero attached hydrogens (tertiary/aromatic N) is 1. The molecule has 1 aliphatic heterocycles. The van der Waals surface area contributed by atoms with Crippen molar-refractivity contribution in [3.63, 3.8) is 0 Å². The molecule has 1 rings (SSSR count). The van der Waals surface area contributed by atoms with E-state index in [1.807, 2.05) is 48.5 Å². The fourth-order valence-corrected chi connectivity index (χ4v) is 5.08. The summed E-state index contributed by atoms with van der Waals surface area (Å²) in [6, 6.07) is 0. The van der Waals surface area contributed by atoms with Crippen LogP contribution in [-0.2, 0) is 19.1 Å². The van der Waals surface area contributed by atoms with Crippen LogP contribution in [0.2, 0.25) is 0 Å². The van der Waals surface area contributed by atoms with Gasteiger partial charge in [0.1, 0.15) is 23.6 Å². The summed E-state index contributed by atoms with van der Waals surface area (Å²) in [6.45, 7) is 23.8. The van der Waals surface area contributed by atoms with Gasteiger partial charge in [0.25, 0.3) is 0 Å². The van der Waals surface area contributed by atoms with Crippen molar-refractivity contribution >= 4 is 11.5 Å². The number of allylic oxidation sites excluding steroid dienone is 1. The molecule has 33 heavy (non-hydrogen) atoms. The van der Waals surface area contributed by atoms with Crippen molar-refractivity contribution in [3.8, 4) is 0 Å². The number of rotatable bonds is 4. The molecule has 0 bridgehead atoms. The number of aliphatic hydroxyl groups is 1. The van der Waals surface area contributed by atoms with E-state index in [1.54, 1.807) is 14.0 Å². The Balaban J connectivity index is 3.58. The maximum atomic E-state index is 13.2. The number of hydrogen-bond donors (Lipinski definition) is 1. The number of Topliss-reactive ketones (excluding diaryl/α,β-unsaturated/α-hetero) is 1. The molecule has 1 heterocycles. The zero-order chi connectivity index (χ0) is 25.7. The van der Waals surface area contributed by atoms with Gasteiger partial charge in [0.15, 0.2) is 0 Å². The van der Waals surface area contributed by atoms with Gasteiger partial charge in [-0.3, -0.25) is 4.79 Å². The van der Waals surface area contributed by atoms with E-state index < -0.39 is 23.2 Å². The van der Waals surface area contributed by atoms with Gasteiger partial charge in [0.2, 0.25) is 0 Å². The monoisotopic (exact) mass is 467 g/mol. The lowest BCUT2D eigenvalue weighted by Gasteiger charge is -2.43. The molecule has 1 N–H and O–H groups in total. The molecular formula is C27H49NO5. The Morgan fingerprint density at radius 1 is 1.15 bits per heavy atom. The molecule has 0 saturated carbocycles. The molecule has 6 nitrogen and oxygen atoms in total. The van der Waals surface area contributed by atoms with Gasteiger partial charge in [0, 0.05) is 24.9 Å². The largest absolute Gasteiger partial charge is 0.492 e. The second kappa shape index (κ2) is 11.8. The van der Waals surface area contributed by atoms with E-state index in [0.29, 0.717) is 25.0 Å². The third-order valence-corrected chi connectivity index (χ3v) is 7.69. The van der Waals surface area contributed by atoms with E-state index >= 15 is 0 Å². The van der Waals surface area contributed by atoms with Crippen molar-refractivity contribution in [1.29, 1.82) is 0 Å². The van der Waals surface area contributed by atoms with Crippen LogP contribution in [0.1, 0.15) is 88.5 Å². The Hall–Kier alpha value is -1.40. The van der Waals surface area contributed by atoms with Gasteiger partial charge in [-0.05, 0) is 59.8 Å². The lowest BCUT2D eigenvalue weighted by atomic mass is 9.71. The quantitative estimate of drug-likeness (QED) is 0.531. The molecule has 192 valence electrons. The fourth-order valence-electron chi connectivity index (χ4n) is 5.08. The van der Waals surface area contributed by atoms with Crippen molar-refractivity contribution in [3.05, 3.63) is 12.3 Å². The lowest BCUT2D eigenvalue weighted by Crippen LogP contribution is -2.51. The highest BCUT2D eigenvalue weighted by atomic mass is 16.6. The number of ketones is 1. The van der Waals surface area contributed by atoms with Crippen LogP contribution in [0.15, 0.2) is 17.5 Å². The Bertz CT molecular complexity index is 701. The number of carbonyl (C=O) groups is 1. The van der Waals surface area contributed by atoms with Crippen LogP contribution >= 0.6 is 0 Å². The molecule has 0 aromatic rings. The van der Waals surface area contributed by atoms with Crippen molar-refractivity contribution < 1.29 is 24.2 Å². The van der Waals surface area contributed by atoms with Crippen LogP contribution in [0, 0.1) is 29.6 Å². The molecule has 0 amide bonds. The molecule has 1 fully saturated rings. The molecule has 1 aliphatic rings. The molecule has 6 heteroatoms. The molecule has 2 unspecified atom stereocenters. The standard InChI is InChI=1S/C27H49NO5/c1-13-23-27(11,30)21(8)19(6)24(28-33-16(2)3)17(4)14-26(10,31-12)15-18(5)25(29)20(7)22(9)32-23/h16-21,23,30H,9,13-15H2,1-8,10-12H3/b28-24+/t17-,18-,19?,20+,21?,23-,26-,27+/m1/s1. The van der Waals surface area contributed by atoms with Crippen LogP contribution in [-0.4, -0.2) is 47.1 Å². The average molecular weight is 468 g/mol. The Morgan fingerprint density at radius 2 is 1.70 bits per heavy atom. The second-order valence-electron chi connectivity index (χ2n) is 10.9. The SMILES string of the molecule is C=C1O[C@H](CC)[C@@](C)(O)C(C)C(C)/C(=N/OC(C)C)[C@H](C)C[C@@](C)(OC)C[C@@H](C)C(=O)[C@H]1C. The molecular weight excluding hydrogens is 418 g/mol. The first kappa shape index (κ1) is 29.6. The summed E-state index contributed by atoms with van der Waals surface area (Å²) in [5.41, 5.74) is -0.799. The van der Waals surface area contributed by atoms with Crippen LogP contribution in [0.5, 0.6) is 0 Å². The van der Waals surface area contributed by atoms with Gasteiger partial charge < -0.3 is 19.4 Å². The predicted molar refractivity (Wildman–Crippen MR) is 134 cm³/mol. The Labute approximate surface area is 202 Å². The summed E-state index contributed by atoms with van der Waals surface area (Å²) in [4.78, 5) is 18.9. The summed E-state index contributed by atoms with van der Waals surface area (Å²) >= 11 is 0. The third-order valence-electron chi connectivity index (χ3n) is 7.69. The molecule has 0 aromatic carbocycles. The minimum absolute atomic E-state index is 0.0283. The van der Waals surface area contributed by atoms with Gasteiger partial charge >= 0.3 is 0 Å². The highest BCUT2D eigenvalue weighted by Crippen LogP contribution is 2.38. The Morgan fingerprint density at radius 3 is 2.18 bits per heavy atom. The maximum absolute atomic E-state index is 13.2. The zero-order valence-corrected chi connectivity index (χ0v) is 22.9. The van der Waals surface area contributed by atoms with Gasteiger partial charge in [-0.25, -0.2) is 0 Å². The zero-order valence-electron chi connectivity index (χ0n) is 22.9. The summed E-state index contributed by atoms with van der Waals surface area (Å²) < 4.78 is 12.1. The predicted octanol–water partition coefficient (Wildman–Crippen LogP) is 5.78. The van der Waals surface area contributed by atoms with E-state index in [4.69, 9.17) is 14.3 Å². The summed E-state index contributed by atoms with van der Waals surface area (Å²) in [5.74, 6) is -0.448. The maximum Gasteiger partial charge on any atom is 0.146 e. The molecule has 0 spiro atoms. The molecule has 0 aromatic heterocycles. The van der Waals surface area contributed by atoms with Crippen LogP contribution in [0.4, 0.5) is 0 Å². The van der Waals surface area contributed by atoms with E-state index in [-0.39, 0.29) is 35.6 Å². The lowest BCUT2D eigenvalue weighted by molar-refractivity contribution is -0.135. The van der Waals surface area contributed by atoms with E-state index in [1.165, 1.54) is 0 Å². The number of methoxy groups -OCH3 is 1. The molecule has 1 saturated heterocycles. The molecule has 8 atom stereocenters. The van der Waals surface area contributed by atoms with Crippen molar-refractivity contribution in [2.24, 2.45) is 34.7 Å². The molecule has 0 aliphatic carbocycles. The first-order chi connectivity index (χ1) is 15.1. The number of ether oxygens (including phenoxy) is 2. The highest BCUT2D eigenvalue weighted by Gasteiger charge is 2.45. The average Bonchev–Trinajstić information content (AvgIpc) is 2.74. The van der Waals surface area contributed by atoms with Crippen LogP contribution in [0.3, 0.4) is 0 Å². The third kappa shape index (κ3) is 7.29. The summed E-state index contributed by atoms with van der Waals surface area (Å²) in [6.07, 6.45) is 1.31. The minimum atomic E-state index is -1.17. The Kier molecular flexibility index (Phi) is 10.6. The van der Waals surface area contributed by atoms with Gasteiger partial charge in [-0.15, -0.1) is 0 Å². The number of hydrogen-bond acceptors (Lipinski definition) is 6. The normalized spacial score (nSPS) is 41.1. The minimum Gasteiger partial charge on any atom is -0.492 e. The van der Waals surface area contributed by atoms with E-state index in [0.717, 1.165) is 5.71 Å². The first-order valence-electron chi connectivity index (χ1n) is 12.5. The number of carbonyl (C=O) groups excluding carboxylic acids is 1.